The fourth-order valence-electron chi connectivity index (χ4n) is 3.24. The molecule has 0 aromatic carbocycles. The number of aromatic amines is 1. The molecule has 0 amide bonds. The van der Waals surface area contributed by atoms with Crippen molar-refractivity contribution in [3.8, 4) is 0 Å². The van der Waals surface area contributed by atoms with Crippen LogP contribution in [0, 0.1) is 0 Å². The van der Waals surface area contributed by atoms with E-state index in [1.165, 1.54) is 32.1 Å². The first-order valence-corrected chi connectivity index (χ1v) is 7.64. The summed E-state index contributed by atoms with van der Waals surface area (Å²) in [6, 6.07) is 2.09. The summed E-state index contributed by atoms with van der Waals surface area (Å²) in [7, 11) is 0. The molecule has 3 heterocycles. The molecule has 1 saturated carbocycles. The Balaban J connectivity index is 1.69. The van der Waals surface area contributed by atoms with Crippen molar-refractivity contribution in [3.05, 3.63) is 18.6 Å². The van der Waals surface area contributed by atoms with Crippen LogP contribution in [0.15, 0.2) is 18.6 Å². The van der Waals surface area contributed by atoms with Gasteiger partial charge in [0.2, 0.25) is 0 Å². The Kier molecular flexibility index (Phi) is 2.88. The zero-order valence-corrected chi connectivity index (χ0v) is 11.7. The van der Waals surface area contributed by atoms with Crippen LogP contribution in [-0.4, -0.2) is 40.1 Å². The van der Waals surface area contributed by atoms with Gasteiger partial charge in [0.05, 0.1) is 5.39 Å². The van der Waals surface area contributed by atoms with Crippen LogP contribution in [-0.2, 0) is 0 Å². The van der Waals surface area contributed by atoms with Gasteiger partial charge < -0.3 is 15.2 Å². The number of hydrogen-bond donors (Lipinski definition) is 2. The van der Waals surface area contributed by atoms with Crippen molar-refractivity contribution in [2.45, 2.75) is 37.6 Å². The molecule has 0 bridgehead atoms. The van der Waals surface area contributed by atoms with E-state index in [1.54, 1.807) is 6.33 Å². The van der Waals surface area contributed by atoms with E-state index in [0.29, 0.717) is 5.54 Å². The highest BCUT2D eigenvalue weighted by Gasteiger charge is 2.44. The van der Waals surface area contributed by atoms with Crippen molar-refractivity contribution >= 4 is 16.9 Å². The largest absolute Gasteiger partial charge is 0.354 e. The summed E-state index contributed by atoms with van der Waals surface area (Å²) < 4.78 is 0. The number of H-pyrrole nitrogens is 1. The van der Waals surface area contributed by atoms with Gasteiger partial charge in [0, 0.05) is 24.8 Å². The molecule has 0 unspecified atom stereocenters. The summed E-state index contributed by atoms with van der Waals surface area (Å²) in [5.41, 5.74) is 1.28. The fraction of sp³-hybridized carbons (Fsp3) is 0.600. The van der Waals surface area contributed by atoms with E-state index in [0.717, 1.165) is 36.5 Å². The monoisotopic (exact) mass is 271 g/mol. The zero-order valence-electron chi connectivity index (χ0n) is 11.7. The van der Waals surface area contributed by atoms with Crippen LogP contribution in [0.2, 0.25) is 0 Å². The number of rotatable bonds is 1. The van der Waals surface area contributed by atoms with E-state index in [1.807, 2.05) is 6.20 Å². The molecule has 1 saturated heterocycles. The maximum Gasteiger partial charge on any atom is 0.142 e. The third-order valence-electron chi connectivity index (χ3n) is 4.58. The number of aromatic nitrogens is 3. The minimum atomic E-state index is 0.345. The van der Waals surface area contributed by atoms with E-state index >= 15 is 0 Å². The van der Waals surface area contributed by atoms with Crippen LogP contribution in [0.5, 0.6) is 0 Å². The van der Waals surface area contributed by atoms with Gasteiger partial charge in [-0.1, -0.05) is 6.42 Å². The van der Waals surface area contributed by atoms with E-state index in [-0.39, 0.29) is 0 Å². The van der Waals surface area contributed by atoms with Crippen molar-refractivity contribution in [2.24, 2.45) is 0 Å². The first-order chi connectivity index (χ1) is 9.86. The van der Waals surface area contributed by atoms with Crippen LogP contribution in [0.1, 0.15) is 32.1 Å². The topological polar surface area (TPSA) is 56.8 Å². The van der Waals surface area contributed by atoms with Gasteiger partial charge in [-0.25, -0.2) is 9.97 Å². The molecular formula is C15H21N5. The fourth-order valence-corrected chi connectivity index (χ4v) is 3.24. The molecule has 1 spiro atoms. The molecule has 0 radical (unpaired) electrons. The second kappa shape index (κ2) is 4.74. The van der Waals surface area contributed by atoms with Crippen molar-refractivity contribution in [1.29, 1.82) is 0 Å². The zero-order chi connectivity index (χ0) is 13.4. The lowest BCUT2D eigenvalue weighted by Gasteiger charge is -2.28. The Morgan fingerprint density at radius 1 is 1.15 bits per heavy atom. The molecule has 2 N–H and O–H groups in total. The number of fused-ring (bicyclic) bond motifs is 1. The summed E-state index contributed by atoms with van der Waals surface area (Å²) in [5, 5.41) is 4.90. The number of nitrogens with one attached hydrogen (secondary N) is 2. The first kappa shape index (κ1) is 12.1. The van der Waals surface area contributed by atoms with Crippen molar-refractivity contribution in [2.75, 3.05) is 24.5 Å². The van der Waals surface area contributed by atoms with Gasteiger partial charge in [-0.15, -0.1) is 0 Å². The summed E-state index contributed by atoms with van der Waals surface area (Å²) >= 11 is 0. The molecule has 1 aliphatic heterocycles. The molecule has 1 aliphatic carbocycles. The smallest absolute Gasteiger partial charge is 0.142 e. The van der Waals surface area contributed by atoms with Gasteiger partial charge in [-0.05, 0) is 38.3 Å². The van der Waals surface area contributed by atoms with E-state index in [9.17, 15) is 0 Å². The van der Waals surface area contributed by atoms with E-state index < -0.39 is 0 Å². The second-order valence-electron chi connectivity index (χ2n) is 6.13. The summed E-state index contributed by atoms with van der Waals surface area (Å²) in [6.45, 7) is 3.34. The van der Waals surface area contributed by atoms with Crippen LogP contribution in [0.3, 0.4) is 0 Å². The Labute approximate surface area is 118 Å². The van der Waals surface area contributed by atoms with Crippen molar-refractivity contribution in [3.63, 3.8) is 0 Å². The SMILES string of the molecule is c1nc(N2CCCCCNC3(CC3)C2)c2cc[nH]c2n1. The van der Waals surface area contributed by atoms with Crippen molar-refractivity contribution in [1.82, 2.24) is 20.3 Å². The molecule has 4 rings (SSSR count). The molecule has 2 aliphatic rings. The lowest BCUT2D eigenvalue weighted by atomic mass is 10.2. The van der Waals surface area contributed by atoms with Crippen LogP contribution >= 0.6 is 0 Å². The highest BCUT2D eigenvalue weighted by atomic mass is 15.2. The average Bonchev–Trinajstić information content (AvgIpc) is 3.02. The molecule has 0 atom stereocenters. The quantitative estimate of drug-likeness (QED) is 0.833. The highest BCUT2D eigenvalue weighted by molar-refractivity contribution is 5.87. The summed E-state index contributed by atoms with van der Waals surface area (Å²) in [5.74, 6) is 1.09. The van der Waals surface area contributed by atoms with Gasteiger partial charge in [-0.3, -0.25) is 0 Å². The third-order valence-corrected chi connectivity index (χ3v) is 4.58. The summed E-state index contributed by atoms with van der Waals surface area (Å²) in [6.07, 6.45) is 10.0. The normalized spacial score (nSPS) is 22.5. The number of anilines is 1. The van der Waals surface area contributed by atoms with E-state index in [4.69, 9.17) is 0 Å². The lowest BCUT2D eigenvalue weighted by molar-refractivity contribution is 0.495. The first-order valence-electron chi connectivity index (χ1n) is 7.64. The predicted molar refractivity (Wildman–Crippen MR) is 79.9 cm³/mol. The minimum Gasteiger partial charge on any atom is -0.354 e. The molecule has 5 nitrogen and oxygen atoms in total. The van der Waals surface area contributed by atoms with Gasteiger partial charge in [0.15, 0.2) is 0 Å². The Morgan fingerprint density at radius 2 is 2.10 bits per heavy atom. The standard InChI is InChI=1S/C15H21N5/c1-2-7-19-15(5-6-15)10-20(9-3-1)14-12-4-8-16-13(12)17-11-18-14/h4,8,11,19H,1-3,5-7,9-10H2,(H,16,17,18). The Hall–Kier alpha value is -1.62. The summed E-state index contributed by atoms with van der Waals surface area (Å²) in [4.78, 5) is 14.5. The van der Waals surface area contributed by atoms with Gasteiger partial charge in [0.1, 0.15) is 17.8 Å². The molecular weight excluding hydrogens is 250 g/mol. The lowest BCUT2D eigenvalue weighted by Crippen LogP contribution is -2.43. The van der Waals surface area contributed by atoms with Gasteiger partial charge in [-0.2, -0.15) is 0 Å². The van der Waals surface area contributed by atoms with E-state index in [2.05, 4.69) is 31.2 Å². The molecule has 2 fully saturated rings. The van der Waals surface area contributed by atoms with Crippen LogP contribution in [0.25, 0.3) is 11.0 Å². The molecule has 5 heteroatoms. The maximum atomic E-state index is 4.57. The third kappa shape index (κ3) is 2.16. The predicted octanol–water partition coefficient (Wildman–Crippen LogP) is 2.07. The Morgan fingerprint density at radius 3 is 3.00 bits per heavy atom. The van der Waals surface area contributed by atoms with Gasteiger partial charge >= 0.3 is 0 Å². The minimum absolute atomic E-state index is 0.345. The maximum absolute atomic E-state index is 4.57. The van der Waals surface area contributed by atoms with Gasteiger partial charge in [0.25, 0.3) is 0 Å². The number of hydrogen-bond acceptors (Lipinski definition) is 4. The molecule has 106 valence electrons. The van der Waals surface area contributed by atoms with Crippen LogP contribution < -0.4 is 10.2 Å². The average molecular weight is 271 g/mol. The Bertz CT molecular complexity index is 601. The molecule has 2 aromatic heterocycles. The second-order valence-corrected chi connectivity index (χ2v) is 6.13. The van der Waals surface area contributed by atoms with Crippen molar-refractivity contribution < 1.29 is 0 Å². The van der Waals surface area contributed by atoms with Crippen LogP contribution in [0.4, 0.5) is 5.82 Å². The number of nitrogens with zero attached hydrogens (tertiary/aromatic N) is 3. The highest BCUT2D eigenvalue weighted by Crippen LogP contribution is 2.38. The molecule has 20 heavy (non-hydrogen) atoms. The molecule has 2 aromatic rings.